The summed E-state index contributed by atoms with van der Waals surface area (Å²) >= 11 is 5.90. The molecule has 2 aliphatic heterocycles. The third-order valence-electron chi connectivity index (χ3n) is 4.60. The van der Waals surface area contributed by atoms with Crippen molar-refractivity contribution in [2.24, 2.45) is 0 Å². The quantitative estimate of drug-likeness (QED) is 0.900. The van der Waals surface area contributed by atoms with Crippen LogP contribution in [0.5, 0.6) is 0 Å². The van der Waals surface area contributed by atoms with Crippen LogP contribution in [0, 0.1) is 11.3 Å². The lowest BCUT2D eigenvalue weighted by molar-refractivity contribution is 0.146. The SMILES string of the molecule is CN1C2CCC1CC(C#N)(Nc1ccc(Cl)cc1)C2. The van der Waals surface area contributed by atoms with Crippen LogP contribution in [0.4, 0.5) is 5.69 Å². The molecule has 2 bridgehead atoms. The van der Waals surface area contributed by atoms with Crippen molar-refractivity contribution in [3.63, 3.8) is 0 Å². The molecule has 0 aromatic heterocycles. The van der Waals surface area contributed by atoms with E-state index in [9.17, 15) is 5.26 Å². The number of piperidine rings is 1. The summed E-state index contributed by atoms with van der Waals surface area (Å²) in [5.74, 6) is 0. The summed E-state index contributed by atoms with van der Waals surface area (Å²) in [4.78, 5) is 2.44. The zero-order valence-corrected chi connectivity index (χ0v) is 11.8. The molecule has 1 N–H and O–H groups in total. The fourth-order valence-electron chi connectivity index (χ4n) is 3.50. The van der Waals surface area contributed by atoms with Gasteiger partial charge in [0.15, 0.2) is 0 Å². The zero-order valence-electron chi connectivity index (χ0n) is 11.1. The lowest BCUT2D eigenvalue weighted by Crippen LogP contribution is -2.52. The number of hydrogen-bond donors (Lipinski definition) is 1. The van der Waals surface area contributed by atoms with Crippen molar-refractivity contribution in [1.82, 2.24) is 4.90 Å². The van der Waals surface area contributed by atoms with Crippen LogP contribution < -0.4 is 5.32 Å². The van der Waals surface area contributed by atoms with E-state index < -0.39 is 5.54 Å². The second kappa shape index (κ2) is 4.70. The monoisotopic (exact) mass is 275 g/mol. The van der Waals surface area contributed by atoms with E-state index in [1.54, 1.807) is 0 Å². The molecule has 0 amide bonds. The molecule has 3 nitrogen and oxygen atoms in total. The van der Waals surface area contributed by atoms with E-state index >= 15 is 0 Å². The van der Waals surface area contributed by atoms with Gasteiger partial charge in [0.05, 0.1) is 6.07 Å². The molecule has 2 unspecified atom stereocenters. The van der Waals surface area contributed by atoms with Crippen molar-refractivity contribution >= 4 is 17.3 Å². The van der Waals surface area contributed by atoms with Gasteiger partial charge in [-0.15, -0.1) is 0 Å². The van der Waals surface area contributed by atoms with E-state index in [-0.39, 0.29) is 0 Å². The summed E-state index contributed by atoms with van der Waals surface area (Å²) in [6, 6.07) is 11.2. The minimum atomic E-state index is -0.424. The molecule has 0 saturated carbocycles. The highest BCUT2D eigenvalue weighted by molar-refractivity contribution is 6.30. The standard InChI is InChI=1S/C15H18ClN3/c1-19-13-6-7-14(19)9-15(8-13,10-17)18-12-4-2-11(16)3-5-12/h2-5,13-14,18H,6-9H2,1H3. The smallest absolute Gasteiger partial charge is 0.128 e. The Morgan fingerprint density at radius 2 is 1.84 bits per heavy atom. The first-order valence-electron chi connectivity index (χ1n) is 6.79. The Hall–Kier alpha value is -1.24. The average molecular weight is 276 g/mol. The van der Waals surface area contributed by atoms with Crippen LogP contribution in [0.15, 0.2) is 24.3 Å². The van der Waals surface area contributed by atoms with Crippen molar-refractivity contribution in [3.8, 4) is 6.07 Å². The molecule has 2 fully saturated rings. The van der Waals surface area contributed by atoms with E-state index in [1.165, 1.54) is 12.8 Å². The van der Waals surface area contributed by atoms with Gasteiger partial charge < -0.3 is 10.2 Å². The van der Waals surface area contributed by atoms with Crippen LogP contribution in [0.3, 0.4) is 0 Å². The van der Waals surface area contributed by atoms with Gasteiger partial charge in [0.2, 0.25) is 0 Å². The Balaban J connectivity index is 1.81. The minimum absolute atomic E-state index is 0.424. The van der Waals surface area contributed by atoms with Gasteiger partial charge in [-0.05, 0) is 57.0 Å². The summed E-state index contributed by atoms with van der Waals surface area (Å²) < 4.78 is 0. The van der Waals surface area contributed by atoms with Gasteiger partial charge in [0.25, 0.3) is 0 Å². The summed E-state index contributed by atoms with van der Waals surface area (Å²) in [7, 11) is 2.19. The minimum Gasteiger partial charge on any atom is -0.367 e. The maximum absolute atomic E-state index is 9.65. The molecule has 3 rings (SSSR count). The Morgan fingerprint density at radius 3 is 2.37 bits per heavy atom. The van der Waals surface area contributed by atoms with Gasteiger partial charge in [-0.3, -0.25) is 0 Å². The normalized spacial score (nSPS) is 33.9. The topological polar surface area (TPSA) is 39.1 Å². The number of halogens is 1. The first-order chi connectivity index (χ1) is 9.12. The Kier molecular flexibility index (Phi) is 3.16. The molecule has 0 aliphatic carbocycles. The van der Waals surface area contributed by atoms with Crippen molar-refractivity contribution < 1.29 is 0 Å². The lowest BCUT2D eigenvalue weighted by atomic mass is 9.84. The van der Waals surface area contributed by atoms with Crippen molar-refractivity contribution in [1.29, 1.82) is 5.26 Å². The Morgan fingerprint density at radius 1 is 1.26 bits per heavy atom. The van der Waals surface area contributed by atoms with Crippen LogP contribution >= 0.6 is 11.6 Å². The highest BCUT2D eigenvalue weighted by Gasteiger charge is 2.47. The Bertz CT molecular complexity index is 491. The Labute approximate surface area is 119 Å². The van der Waals surface area contributed by atoms with Crippen molar-refractivity contribution in [2.45, 2.75) is 43.3 Å². The number of hydrogen-bond acceptors (Lipinski definition) is 3. The highest BCUT2D eigenvalue weighted by atomic mass is 35.5. The molecular weight excluding hydrogens is 258 g/mol. The molecule has 2 saturated heterocycles. The van der Waals surface area contributed by atoms with E-state index in [2.05, 4.69) is 23.3 Å². The number of nitriles is 1. The van der Waals surface area contributed by atoms with E-state index in [1.807, 2.05) is 24.3 Å². The molecule has 19 heavy (non-hydrogen) atoms. The molecule has 0 spiro atoms. The largest absolute Gasteiger partial charge is 0.367 e. The molecule has 100 valence electrons. The number of benzene rings is 1. The molecule has 2 atom stereocenters. The molecule has 0 radical (unpaired) electrons. The number of nitrogens with one attached hydrogen (secondary N) is 1. The van der Waals surface area contributed by atoms with Gasteiger partial charge in [-0.1, -0.05) is 11.6 Å². The molecule has 4 heteroatoms. The predicted octanol–water partition coefficient (Wildman–Crippen LogP) is 3.27. The molecular formula is C15H18ClN3. The van der Waals surface area contributed by atoms with Crippen LogP contribution in [-0.2, 0) is 0 Å². The summed E-state index contributed by atoms with van der Waals surface area (Å²) in [6.07, 6.45) is 4.23. The highest BCUT2D eigenvalue weighted by Crippen LogP contribution is 2.41. The third kappa shape index (κ3) is 2.31. The maximum atomic E-state index is 9.65. The van der Waals surface area contributed by atoms with Crippen molar-refractivity contribution in [3.05, 3.63) is 29.3 Å². The van der Waals surface area contributed by atoms with Crippen LogP contribution in [0.25, 0.3) is 0 Å². The van der Waals surface area contributed by atoms with Crippen LogP contribution in [0.1, 0.15) is 25.7 Å². The lowest BCUT2D eigenvalue weighted by Gasteiger charge is -2.42. The van der Waals surface area contributed by atoms with Crippen LogP contribution in [0.2, 0.25) is 5.02 Å². The zero-order chi connectivity index (χ0) is 13.5. The first-order valence-corrected chi connectivity index (χ1v) is 7.17. The molecule has 1 aromatic rings. The fraction of sp³-hybridized carbons (Fsp3) is 0.533. The number of anilines is 1. The average Bonchev–Trinajstić information content (AvgIpc) is 2.65. The molecule has 2 aliphatic rings. The number of nitrogens with zero attached hydrogens (tertiary/aromatic N) is 2. The number of fused-ring (bicyclic) bond motifs is 2. The third-order valence-corrected chi connectivity index (χ3v) is 4.85. The summed E-state index contributed by atoms with van der Waals surface area (Å²) in [5.41, 5.74) is 0.557. The fourth-order valence-corrected chi connectivity index (χ4v) is 3.63. The maximum Gasteiger partial charge on any atom is 0.128 e. The molecule has 1 aromatic carbocycles. The second-order valence-corrected chi connectivity index (χ2v) is 6.22. The van der Waals surface area contributed by atoms with Gasteiger partial charge in [-0.25, -0.2) is 0 Å². The van der Waals surface area contributed by atoms with Gasteiger partial charge in [0, 0.05) is 22.8 Å². The van der Waals surface area contributed by atoms with Crippen molar-refractivity contribution in [2.75, 3.05) is 12.4 Å². The van der Waals surface area contributed by atoms with Gasteiger partial charge >= 0.3 is 0 Å². The van der Waals surface area contributed by atoms with E-state index in [0.717, 1.165) is 23.6 Å². The second-order valence-electron chi connectivity index (χ2n) is 5.78. The van der Waals surface area contributed by atoms with E-state index in [4.69, 9.17) is 11.6 Å². The summed E-state index contributed by atoms with van der Waals surface area (Å²) in [6.45, 7) is 0. The van der Waals surface area contributed by atoms with Crippen LogP contribution in [-0.4, -0.2) is 29.6 Å². The van der Waals surface area contributed by atoms with Gasteiger partial charge in [-0.2, -0.15) is 5.26 Å². The predicted molar refractivity (Wildman–Crippen MR) is 77.2 cm³/mol. The number of rotatable bonds is 2. The summed E-state index contributed by atoms with van der Waals surface area (Å²) in [5, 5.41) is 13.8. The van der Waals surface area contributed by atoms with E-state index in [0.29, 0.717) is 12.1 Å². The van der Waals surface area contributed by atoms with Gasteiger partial charge in [0.1, 0.15) is 5.54 Å². The molecule has 2 heterocycles. The first kappa shape index (κ1) is 12.8.